The van der Waals surface area contributed by atoms with Gasteiger partial charge < -0.3 is 5.32 Å². The first kappa shape index (κ1) is 35.1. The van der Waals surface area contributed by atoms with Gasteiger partial charge in [0, 0.05) is 46.7 Å². The van der Waals surface area contributed by atoms with E-state index in [2.05, 4.69) is 44.9 Å². The van der Waals surface area contributed by atoms with Crippen LogP contribution in [0.4, 0.5) is 26.3 Å². The van der Waals surface area contributed by atoms with Gasteiger partial charge in [-0.15, -0.1) is 0 Å². The van der Waals surface area contributed by atoms with Gasteiger partial charge in [-0.05, 0) is 88.3 Å². The van der Waals surface area contributed by atoms with Gasteiger partial charge in [-0.3, -0.25) is 25.5 Å². The minimum Gasteiger partial charge on any atom is -0.354 e. The predicted molar refractivity (Wildman–Crippen MR) is 178 cm³/mol. The smallest absolute Gasteiger partial charge is 0.293 e. The lowest BCUT2D eigenvalue weighted by molar-refractivity contribution is -0.122. The number of rotatable bonds is 9. The Balaban J connectivity index is 1.27. The van der Waals surface area contributed by atoms with Crippen molar-refractivity contribution in [2.24, 2.45) is 22.2 Å². The van der Waals surface area contributed by atoms with Crippen molar-refractivity contribution in [1.29, 1.82) is 0 Å². The highest BCUT2D eigenvalue weighted by Gasteiger charge is 2.67. The Morgan fingerprint density at radius 3 is 2.58 bits per heavy atom. The number of hydrogen-bond acceptors (Lipinski definition) is 7. The van der Waals surface area contributed by atoms with Crippen molar-refractivity contribution in [2.75, 3.05) is 6.54 Å². The molecule has 9 nitrogen and oxygen atoms in total. The summed E-state index contributed by atoms with van der Waals surface area (Å²) in [6, 6.07) is 9.16. The van der Waals surface area contributed by atoms with Gasteiger partial charge >= 0.3 is 0 Å². The second-order valence-corrected chi connectivity index (χ2v) is 14.4. The molecule has 4 N–H and O–H groups in total. The second kappa shape index (κ2) is 12.7. The highest BCUT2D eigenvalue weighted by Crippen LogP contribution is 2.68. The van der Waals surface area contributed by atoms with Crippen molar-refractivity contribution >= 4 is 17.3 Å². The summed E-state index contributed by atoms with van der Waals surface area (Å²) >= 11 is 0. The molecule has 2 aromatic heterocycles. The van der Waals surface area contributed by atoms with Gasteiger partial charge in [0.1, 0.15) is 29.6 Å². The SMILES string of the molecule is CC1=CC=C(c2c#cc(C#CC(C)(C)C)nc2[C@@H](CNC(=O)Cn2nc(C(F)F)c3c2C(F)(F)[C@@H]2C[C@H]32)Cc2cc(F)cc(F)c2)C2=NNC(N)N12. The van der Waals surface area contributed by atoms with Crippen LogP contribution in [0.1, 0.15) is 91.8 Å². The number of fused-ring (bicyclic) bond motifs is 4. The molecule has 0 spiro atoms. The van der Waals surface area contributed by atoms with E-state index in [0.29, 0.717) is 27.3 Å². The molecule has 4 aliphatic rings. The van der Waals surface area contributed by atoms with Crippen molar-refractivity contribution in [3.8, 4) is 11.8 Å². The van der Waals surface area contributed by atoms with E-state index in [4.69, 9.17) is 10.7 Å². The fourth-order valence-corrected chi connectivity index (χ4v) is 6.98. The van der Waals surface area contributed by atoms with Gasteiger partial charge in [0.15, 0.2) is 17.8 Å². The molecular weight excluding hydrogens is 686 g/mol. The van der Waals surface area contributed by atoms with Crippen molar-refractivity contribution in [1.82, 2.24) is 30.4 Å². The summed E-state index contributed by atoms with van der Waals surface area (Å²) in [5.74, 6) is -1.91. The van der Waals surface area contributed by atoms with E-state index in [1.54, 1.807) is 11.0 Å². The largest absolute Gasteiger partial charge is 0.354 e. The number of alkyl halides is 4. The molecule has 7 rings (SSSR count). The number of carbonyl (C=O) groups excluding carboxylic acids is 1. The number of halogens is 6. The van der Waals surface area contributed by atoms with Gasteiger partial charge in [-0.1, -0.05) is 12.0 Å². The molecule has 4 atom stereocenters. The Morgan fingerprint density at radius 2 is 1.88 bits per heavy atom. The lowest BCUT2D eigenvalue weighted by Gasteiger charge is -2.29. The molecule has 2 aliphatic heterocycles. The van der Waals surface area contributed by atoms with E-state index < -0.39 is 77.3 Å². The maximum absolute atomic E-state index is 15.2. The monoisotopic (exact) mass is 720 g/mol. The molecular formula is C37H34F6N8O. The summed E-state index contributed by atoms with van der Waals surface area (Å²) in [5, 5.41) is 10.9. The fraction of sp³-hybridized carbons (Fsp3) is 0.405. The molecule has 0 radical (unpaired) electrons. The first-order chi connectivity index (χ1) is 24.5. The van der Waals surface area contributed by atoms with E-state index in [1.165, 1.54) is 0 Å². The van der Waals surface area contributed by atoms with Crippen molar-refractivity contribution in [3.05, 3.63) is 99.3 Å². The first-order valence-corrected chi connectivity index (χ1v) is 16.7. The Kier molecular flexibility index (Phi) is 8.61. The molecule has 1 amide bonds. The maximum Gasteiger partial charge on any atom is 0.293 e. The topological polar surface area (TPSA) is 113 Å². The van der Waals surface area contributed by atoms with Crippen LogP contribution < -0.4 is 16.5 Å². The van der Waals surface area contributed by atoms with Gasteiger partial charge in [-0.25, -0.2) is 22.5 Å². The van der Waals surface area contributed by atoms with Crippen LogP contribution in [0.5, 0.6) is 0 Å². The van der Waals surface area contributed by atoms with Crippen molar-refractivity contribution < 1.29 is 31.1 Å². The lowest BCUT2D eigenvalue weighted by atomic mass is 9.89. The molecule has 0 bridgehead atoms. The number of benzene rings is 1. The average Bonchev–Trinajstić information content (AvgIpc) is 3.55. The molecule has 1 aromatic carbocycles. The normalized spacial score (nSPS) is 21.4. The number of hydrogen-bond donors (Lipinski definition) is 3. The molecule has 15 heteroatoms. The van der Waals surface area contributed by atoms with Gasteiger partial charge in [-0.2, -0.15) is 19.0 Å². The third-order valence-corrected chi connectivity index (χ3v) is 9.34. The Hall–Kier alpha value is -5.28. The molecule has 0 saturated heterocycles. The molecule has 1 saturated carbocycles. The van der Waals surface area contributed by atoms with Crippen LogP contribution in [0.2, 0.25) is 0 Å². The van der Waals surface area contributed by atoms with Crippen LogP contribution in [0, 0.1) is 46.9 Å². The van der Waals surface area contributed by atoms with Crippen LogP contribution in [0.25, 0.3) is 5.57 Å². The highest BCUT2D eigenvalue weighted by atomic mass is 19.3. The van der Waals surface area contributed by atoms with E-state index in [-0.39, 0.29) is 36.2 Å². The van der Waals surface area contributed by atoms with E-state index in [0.717, 1.165) is 23.9 Å². The number of nitrogens with zero attached hydrogens (tertiary/aromatic N) is 5. The zero-order valence-electron chi connectivity index (χ0n) is 28.6. The number of nitrogens with two attached hydrogens (primary N) is 1. The van der Waals surface area contributed by atoms with Crippen LogP contribution in [-0.4, -0.2) is 44.2 Å². The molecule has 270 valence electrons. The summed E-state index contributed by atoms with van der Waals surface area (Å²) in [6.07, 6.45) is -0.111. The second-order valence-electron chi connectivity index (χ2n) is 14.4. The molecule has 2 aliphatic carbocycles. The standard InChI is InChI=1S/C37H34F6N8O/c1-18-5-7-25(34-47-48-35(44)51(18)34)24-8-6-23(9-10-36(2,3)4)46-30(24)20(11-19-12-21(38)14-22(39)13-19)16-45-28(52)17-50-32-29(31(49-50)33(40)41)26-15-27(26)37(32,42)43/h5,7,12-14,20,26-27,33,35,48H,11,15-17,44H2,1-4H3,(H,45,52)/t20-,26+,27-,35?/m1/s1. The van der Waals surface area contributed by atoms with Crippen LogP contribution in [0.3, 0.4) is 0 Å². The number of amides is 1. The molecule has 4 heterocycles. The number of amidine groups is 1. The summed E-state index contributed by atoms with van der Waals surface area (Å²) in [6.45, 7) is 6.62. The summed E-state index contributed by atoms with van der Waals surface area (Å²) in [4.78, 5) is 20.0. The molecule has 1 fully saturated rings. The highest BCUT2D eigenvalue weighted by molar-refractivity contribution is 6.24. The van der Waals surface area contributed by atoms with Crippen LogP contribution >= 0.6 is 0 Å². The molecule has 52 heavy (non-hydrogen) atoms. The summed E-state index contributed by atoms with van der Waals surface area (Å²) in [5.41, 5.74) is 9.60. The van der Waals surface area contributed by atoms with Crippen LogP contribution in [0.15, 0.2) is 41.1 Å². The minimum absolute atomic E-state index is 0.0524. The van der Waals surface area contributed by atoms with E-state index in [9.17, 15) is 22.4 Å². The van der Waals surface area contributed by atoms with Crippen molar-refractivity contribution in [3.63, 3.8) is 0 Å². The molecule has 3 aromatic rings. The number of allylic oxidation sites excluding steroid dienone is 3. The maximum atomic E-state index is 15.2. The average molecular weight is 721 g/mol. The fourth-order valence-electron chi connectivity index (χ4n) is 6.98. The number of carbonyl (C=O) groups is 1. The lowest BCUT2D eigenvalue weighted by Crippen LogP contribution is -2.46. The summed E-state index contributed by atoms with van der Waals surface area (Å²) in [7, 11) is 0. The zero-order chi connectivity index (χ0) is 37.3. The third kappa shape index (κ3) is 6.50. The van der Waals surface area contributed by atoms with Crippen molar-refractivity contribution in [2.45, 2.75) is 77.6 Å². The third-order valence-electron chi connectivity index (χ3n) is 9.34. The van der Waals surface area contributed by atoms with E-state index >= 15 is 8.78 Å². The summed E-state index contributed by atoms with van der Waals surface area (Å²) < 4.78 is 87.6. The van der Waals surface area contributed by atoms with E-state index in [1.807, 2.05) is 33.8 Å². The quantitative estimate of drug-likeness (QED) is 0.196. The Labute approximate surface area is 296 Å². The zero-order valence-corrected chi connectivity index (χ0v) is 28.6. The number of aromatic nitrogens is 3. The number of hydrazone groups is 1. The van der Waals surface area contributed by atoms with Crippen LogP contribution in [-0.2, 0) is 23.7 Å². The molecule has 1 unspecified atom stereocenters. The van der Waals surface area contributed by atoms with Gasteiger partial charge in [0.25, 0.3) is 12.3 Å². The predicted octanol–water partition coefficient (Wildman–Crippen LogP) is 5.61. The minimum atomic E-state index is -3.40. The van der Waals surface area contributed by atoms with Gasteiger partial charge in [0.2, 0.25) is 5.91 Å². The first-order valence-electron chi connectivity index (χ1n) is 16.7. The van der Waals surface area contributed by atoms with Gasteiger partial charge in [0.05, 0.1) is 11.3 Å². The Morgan fingerprint density at radius 1 is 1.15 bits per heavy atom. The Bertz CT molecular complexity index is 2100. The number of nitrogens with one attached hydrogen (secondary N) is 2.